The molecular weight excluding hydrogens is 829 g/mol. The van der Waals surface area contributed by atoms with Crippen LogP contribution in [0.15, 0.2) is 112 Å². The summed E-state index contributed by atoms with van der Waals surface area (Å²) in [7, 11) is 0. The molecule has 6 aromatic rings. The zero-order chi connectivity index (χ0) is 42.9. The van der Waals surface area contributed by atoms with Gasteiger partial charge in [0.2, 0.25) is 0 Å². The fourth-order valence-corrected chi connectivity index (χ4v) is 15.4. The van der Waals surface area contributed by atoms with E-state index in [4.69, 9.17) is 0 Å². The number of hydrogen-bond donors (Lipinski definition) is 0. The van der Waals surface area contributed by atoms with Gasteiger partial charge in [-0.15, -0.1) is 45.3 Å². The van der Waals surface area contributed by atoms with E-state index in [-0.39, 0.29) is 33.5 Å². The second-order valence-electron chi connectivity index (χ2n) is 16.3. The van der Waals surface area contributed by atoms with Gasteiger partial charge in [-0.25, -0.2) is 0 Å². The number of allylic oxidation sites excluding steroid dienone is 11. The predicted octanol–water partition coefficient (Wildman–Crippen LogP) is 13.3. The van der Waals surface area contributed by atoms with E-state index in [9.17, 15) is 30.6 Å². The van der Waals surface area contributed by atoms with Crippen molar-refractivity contribution in [3.8, 4) is 45.2 Å². The van der Waals surface area contributed by atoms with Crippen LogP contribution in [0, 0.1) is 45.3 Å². The van der Waals surface area contributed by atoms with Gasteiger partial charge >= 0.3 is 0 Å². The molecule has 10 heteroatoms. The van der Waals surface area contributed by atoms with Crippen molar-refractivity contribution in [2.75, 3.05) is 0 Å². The van der Waals surface area contributed by atoms with Crippen LogP contribution in [-0.2, 0) is 15.6 Å². The van der Waals surface area contributed by atoms with Gasteiger partial charge in [-0.05, 0) is 87.9 Å². The lowest BCUT2D eigenvalue weighted by molar-refractivity contribution is -0.111. The number of Topliss-reactive ketones (excluding diaryl/α,β-unsaturated/α-hetero) is 2. The number of benzene rings is 2. The lowest BCUT2D eigenvalue weighted by Crippen LogP contribution is -2.17. The fourth-order valence-electron chi connectivity index (χ4n) is 9.50. The van der Waals surface area contributed by atoms with Crippen molar-refractivity contribution in [3.63, 3.8) is 0 Å². The Morgan fingerprint density at radius 3 is 1.59 bits per heavy atom. The number of carbonyl (C=O) groups excluding carboxylic acids is 2. The second-order valence-corrected chi connectivity index (χ2v) is 20.6. The number of nitriles is 4. The number of rotatable bonds is 3. The van der Waals surface area contributed by atoms with Crippen LogP contribution in [0.2, 0.25) is 0 Å². The van der Waals surface area contributed by atoms with Crippen molar-refractivity contribution in [2.24, 2.45) is 0 Å². The summed E-state index contributed by atoms with van der Waals surface area (Å²) in [5.41, 5.74) is 10.1. The third-order valence-electron chi connectivity index (χ3n) is 12.3. The molecule has 4 aromatic heterocycles. The Bertz CT molecular complexity index is 3500. The Morgan fingerprint density at radius 1 is 0.623 bits per heavy atom. The summed E-state index contributed by atoms with van der Waals surface area (Å²) in [6.45, 7) is 15.1. The van der Waals surface area contributed by atoms with Crippen LogP contribution in [0.25, 0.3) is 57.4 Å². The average Bonchev–Trinajstić information content (AvgIpc) is 4.11. The molecule has 0 unspecified atom stereocenters. The number of ketones is 2. The maximum absolute atomic E-state index is 13.7. The van der Waals surface area contributed by atoms with Gasteiger partial charge in [0.25, 0.3) is 0 Å². The number of nitrogens with zero attached hydrogens (tertiary/aromatic N) is 4. The maximum Gasteiger partial charge on any atom is 0.194 e. The maximum atomic E-state index is 13.7. The monoisotopic (exact) mass is 858 g/mol. The Hall–Kier alpha value is -6.76. The number of thiophene rings is 4. The van der Waals surface area contributed by atoms with Crippen LogP contribution >= 0.6 is 45.3 Å². The van der Waals surface area contributed by atoms with E-state index < -0.39 is 0 Å². The smallest absolute Gasteiger partial charge is 0.194 e. The first-order chi connectivity index (χ1) is 29.3. The van der Waals surface area contributed by atoms with Gasteiger partial charge in [-0.2, -0.15) is 21.0 Å². The highest BCUT2D eigenvalue weighted by atomic mass is 32.1. The summed E-state index contributed by atoms with van der Waals surface area (Å²) >= 11 is 6.80. The largest absolute Gasteiger partial charge is 0.289 e. The number of carbonyl (C=O) groups is 2. The number of fused-ring (bicyclic) bond motifs is 11. The van der Waals surface area contributed by atoms with Gasteiger partial charge < -0.3 is 0 Å². The lowest BCUT2D eigenvalue weighted by atomic mass is 9.79. The van der Waals surface area contributed by atoms with E-state index in [2.05, 4.69) is 58.5 Å². The van der Waals surface area contributed by atoms with Crippen LogP contribution in [0.5, 0.6) is 0 Å². The van der Waals surface area contributed by atoms with Gasteiger partial charge in [0.15, 0.2) is 11.6 Å². The topological polar surface area (TPSA) is 129 Å². The molecule has 0 aliphatic heterocycles. The van der Waals surface area contributed by atoms with Gasteiger partial charge in [0.05, 0.1) is 9.40 Å². The molecule has 1 fully saturated rings. The molecule has 0 radical (unpaired) electrons. The molecule has 4 aliphatic carbocycles. The minimum Gasteiger partial charge on any atom is -0.289 e. The molecule has 61 heavy (non-hydrogen) atoms. The number of hydrogen-bond acceptors (Lipinski definition) is 10. The lowest BCUT2D eigenvalue weighted by Gasteiger charge is -2.24. The van der Waals surface area contributed by atoms with Crippen molar-refractivity contribution >= 4 is 93.4 Å². The molecule has 4 aliphatic rings. The zero-order valence-corrected chi connectivity index (χ0v) is 36.7. The molecule has 1 saturated carbocycles. The third-order valence-corrected chi connectivity index (χ3v) is 17.1. The first-order valence-corrected chi connectivity index (χ1v) is 22.6. The van der Waals surface area contributed by atoms with E-state index in [1.165, 1.54) is 52.5 Å². The van der Waals surface area contributed by atoms with Crippen molar-refractivity contribution in [2.45, 2.75) is 45.4 Å². The third kappa shape index (κ3) is 5.18. The fraction of sp³-hybridized carbons (Fsp3) is 0.137. The molecule has 0 atom stereocenters. The zero-order valence-electron chi connectivity index (χ0n) is 33.5. The normalized spacial score (nSPS) is 18.5. The van der Waals surface area contributed by atoms with Crippen LogP contribution < -0.4 is 0 Å². The highest BCUT2D eigenvalue weighted by molar-refractivity contribution is 7.31. The first-order valence-electron chi connectivity index (χ1n) is 19.4. The standard InChI is InChI=1S/C51H30N4O2S4/c1-7-8-11-29-24(2)40(25(20-52)21-53)34(44(29)56)14-27-16-38-48(58-27)42-46(60-38)32-18-37-33(19-36(32)50(42,3)4)47-43(51(37,5)6)49-39(61-47)17-28(59-49)15-35-41(26(22-54)23-55)30-12-9-10-13-31(30)45(35)57/h7-19H,2H2,1,3-6H3/b8-7-,29-11+,34-14-,35-15-. The summed E-state index contributed by atoms with van der Waals surface area (Å²) < 4.78 is 4.62. The van der Waals surface area contributed by atoms with E-state index in [1.807, 2.05) is 55.5 Å². The Labute approximate surface area is 367 Å². The predicted molar refractivity (Wildman–Crippen MR) is 248 cm³/mol. The summed E-state index contributed by atoms with van der Waals surface area (Å²) in [6.07, 6.45) is 8.92. The quantitative estimate of drug-likeness (QED) is 0.129. The van der Waals surface area contributed by atoms with Gasteiger partial charge in [-0.3, -0.25) is 9.59 Å². The molecule has 0 N–H and O–H groups in total. The molecule has 0 bridgehead atoms. The van der Waals surface area contributed by atoms with Crippen molar-refractivity contribution in [1.29, 1.82) is 21.0 Å². The molecule has 6 nitrogen and oxygen atoms in total. The first kappa shape index (κ1) is 38.4. The van der Waals surface area contributed by atoms with Crippen LogP contribution in [0.3, 0.4) is 0 Å². The van der Waals surface area contributed by atoms with Gasteiger partial charge in [-0.1, -0.05) is 76.8 Å². The minimum atomic E-state index is -0.309. The molecule has 4 heterocycles. The summed E-state index contributed by atoms with van der Waals surface area (Å²) in [4.78, 5) is 31.7. The molecular formula is C51H30N4O2S4. The Kier molecular flexibility index (Phi) is 8.43. The van der Waals surface area contributed by atoms with Crippen LogP contribution in [0.1, 0.15) is 82.5 Å². The van der Waals surface area contributed by atoms with E-state index >= 15 is 0 Å². The highest BCUT2D eigenvalue weighted by Gasteiger charge is 2.46. The average molecular weight is 859 g/mol. The Balaban J connectivity index is 1.05. The molecule has 290 valence electrons. The highest BCUT2D eigenvalue weighted by Crippen LogP contribution is 2.63. The van der Waals surface area contributed by atoms with E-state index in [0.29, 0.717) is 44.6 Å². The summed E-state index contributed by atoms with van der Waals surface area (Å²) in [5, 5.41) is 39.3. The van der Waals surface area contributed by atoms with Gasteiger partial charge in [0.1, 0.15) is 35.4 Å². The molecule has 0 amide bonds. The van der Waals surface area contributed by atoms with E-state index in [1.54, 1.807) is 75.7 Å². The van der Waals surface area contributed by atoms with Crippen LogP contribution in [0.4, 0.5) is 0 Å². The second kappa shape index (κ2) is 13.4. The Morgan fingerprint density at radius 2 is 1.10 bits per heavy atom. The molecule has 10 rings (SSSR count). The van der Waals surface area contributed by atoms with Crippen molar-refractivity contribution < 1.29 is 9.59 Å². The molecule has 2 aromatic carbocycles. The van der Waals surface area contributed by atoms with E-state index in [0.717, 1.165) is 19.2 Å². The molecule has 0 spiro atoms. The van der Waals surface area contributed by atoms with Crippen LogP contribution in [-0.4, -0.2) is 11.6 Å². The minimum absolute atomic E-state index is 0.0693. The SMILES string of the molecule is C=C1C(=C(C#N)C#N)/C(=C/c2cc3sc4c(c3s2)C(C)(C)c2cc3c(cc2-4)C(C)(C)c2c-3sc3cc(/C=C4\C(=O)c5ccccc5C4=C(C#N)C#N)sc23)C(=O)/C1=C/C=C\C. The van der Waals surface area contributed by atoms with Gasteiger partial charge in [0, 0.05) is 73.2 Å². The van der Waals surface area contributed by atoms with Crippen molar-refractivity contribution in [3.05, 3.63) is 155 Å². The molecule has 0 saturated heterocycles. The summed E-state index contributed by atoms with van der Waals surface area (Å²) in [5.74, 6) is -0.431. The van der Waals surface area contributed by atoms with Crippen molar-refractivity contribution in [1.82, 2.24) is 0 Å². The summed E-state index contributed by atoms with van der Waals surface area (Å²) in [6, 6.07) is 24.2.